The van der Waals surface area contributed by atoms with Crippen LogP contribution in [0.2, 0.25) is 5.02 Å². The molecule has 0 aliphatic rings. The Bertz CT molecular complexity index is 568. The molecule has 0 saturated heterocycles. The molecule has 2 rings (SSSR count). The monoisotopic (exact) mass is 282 g/mol. The summed E-state index contributed by atoms with van der Waals surface area (Å²) in [4.78, 5) is 0. The van der Waals surface area contributed by atoms with Gasteiger partial charge in [-0.15, -0.1) is 0 Å². The minimum Gasteiger partial charge on any atom is -0.458 e. The summed E-state index contributed by atoms with van der Waals surface area (Å²) in [6.45, 7) is 6.05. The molecular formula is C15H19ClO3. The lowest BCUT2D eigenvalue weighted by molar-refractivity contribution is -0.0793. The molecule has 19 heavy (non-hydrogen) atoms. The molecule has 1 aromatic heterocycles. The van der Waals surface area contributed by atoms with Crippen LogP contribution in [0.15, 0.2) is 28.7 Å². The van der Waals surface area contributed by atoms with Crippen molar-refractivity contribution in [2.24, 2.45) is 5.41 Å². The number of benzene rings is 1. The third-order valence-electron chi connectivity index (χ3n) is 3.18. The maximum absolute atomic E-state index is 10.4. The maximum Gasteiger partial charge on any atom is 0.138 e. The van der Waals surface area contributed by atoms with Crippen LogP contribution in [0, 0.1) is 5.41 Å². The minimum absolute atomic E-state index is 0.190. The fourth-order valence-corrected chi connectivity index (χ4v) is 2.47. The Morgan fingerprint density at radius 2 is 1.95 bits per heavy atom. The van der Waals surface area contributed by atoms with E-state index >= 15 is 0 Å². The zero-order valence-corrected chi connectivity index (χ0v) is 12.4. The number of furan rings is 1. The Morgan fingerprint density at radius 3 is 2.53 bits per heavy atom. The highest BCUT2D eigenvalue weighted by atomic mass is 35.5. The van der Waals surface area contributed by atoms with Gasteiger partial charge in [0.25, 0.3) is 0 Å². The van der Waals surface area contributed by atoms with Gasteiger partial charge in [0.2, 0.25) is 0 Å². The first-order chi connectivity index (χ1) is 8.82. The van der Waals surface area contributed by atoms with Crippen molar-refractivity contribution in [2.75, 3.05) is 7.11 Å². The van der Waals surface area contributed by atoms with E-state index in [1.807, 2.05) is 32.9 Å². The molecule has 2 unspecified atom stereocenters. The van der Waals surface area contributed by atoms with Gasteiger partial charge in [-0.05, 0) is 29.7 Å². The van der Waals surface area contributed by atoms with Gasteiger partial charge in [-0.3, -0.25) is 0 Å². The summed E-state index contributed by atoms with van der Waals surface area (Å²) >= 11 is 5.94. The summed E-state index contributed by atoms with van der Waals surface area (Å²) in [5.74, 6) is 0.499. The summed E-state index contributed by atoms with van der Waals surface area (Å²) < 4.78 is 11.1. The summed E-state index contributed by atoms with van der Waals surface area (Å²) in [5, 5.41) is 12.0. The molecule has 0 aliphatic heterocycles. The van der Waals surface area contributed by atoms with Gasteiger partial charge < -0.3 is 14.3 Å². The molecule has 1 N–H and O–H groups in total. The predicted octanol–water partition coefficient (Wildman–Crippen LogP) is 4.18. The Labute approximate surface area is 118 Å². The van der Waals surface area contributed by atoms with Gasteiger partial charge >= 0.3 is 0 Å². The summed E-state index contributed by atoms with van der Waals surface area (Å²) in [5.41, 5.74) is 0.521. The van der Waals surface area contributed by atoms with Crippen LogP contribution in [-0.2, 0) is 4.74 Å². The molecule has 0 spiro atoms. The second-order valence-electron chi connectivity index (χ2n) is 5.80. The van der Waals surface area contributed by atoms with Crippen molar-refractivity contribution in [1.29, 1.82) is 0 Å². The predicted molar refractivity (Wildman–Crippen MR) is 76.4 cm³/mol. The largest absolute Gasteiger partial charge is 0.458 e. The summed E-state index contributed by atoms with van der Waals surface area (Å²) in [7, 11) is 1.60. The topological polar surface area (TPSA) is 42.6 Å². The van der Waals surface area contributed by atoms with Crippen LogP contribution in [0.5, 0.6) is 0 Å². The lowest BCUT2D eigenvalue weighted by Crippen LogP contribution is -2.34. The first-order valence-corrected chi connectivity index (χ1v) is 6.60. The molecule has 0 amide bonds. The van der Waals surface area contributed by atoms with E-state index in [0.29, 0.717) is 16.4 Å². The van der Waals surface area contributed by atoms with Crippen LogP contribution in [0.4, 0.5) is 0 Å². The van der Waals surface area contributed by atoms with Gasteiger partial charge in [0.1, 0.15) is 17.4 Å². The lowest BCUT2D eigenvalue weighted by atomic mass is 9.85. The zero-order valence-electron chi connectivity index (χ0n) is 11.6. The van der Waals surface area contributed by atoms with E-state index in [1.165, 1.54) is 0 Å². The second kappa shape index (κ2) is 5.16. The van der Waals surface area contributed by atoms with Crippen LogP contribution in [0.1, 0.15) is 32.6 Å². The number of fused-ring (bicyclic) bond motifs is 1. The van der Waals surface area contributed by atoms with Crippen molar-refractivity contribution >= 4 is 22.6 Å². The zero-order chi connectivity index (χ0) is 14.2. The highest BCUT2D eigenvalue weighted by Crippen LogP contribution is 2.35. The van der Waals surface area contributed by atoms with Gasteiger partial charge in [0.05, 0.1) is 6.10 Å². The van der Waals surface area contributed by atoms with E-state index in [9.17, 15) is 5.11 Å². The highest BCUT2D eigenvalue weighted by molar-refractivity contribution is 6.31. The third-order valence-corrected chi connectivity index (χ3v) is 3.42. The summed E-state index contributed by atoms with van der Waals surface area (Å²) in [6.07, 6.45) is -1.15. The molecule has 0 bridgehead atoms. The molecule has 4 heteroatoms. The number of hydrogen-bond donors (Lipinski definition) is 1. The van der Waals surface area contributed by atoms with Crippen molar-refractivity contribution in [1.82, 2.24) is 0 Å². The van der Waals surface area contributed by atoms with Gasteiger partial charge in [-0.1, -0.05) is 32.4 Å². The average molecular weight is 283 g/mol. The fraction of sp³-hybridized carbons (Fsp3) is 0.467. The number of aliphatic hydroxyl groups is 1. The van der Waals surface area contributed by atoms with Gasteiger partial charge in [-0.2, -0.15) is 0 Å². The van der Waals surface area contributed by atoms with Crippen LogP contribution < -0.4 is 0 Å². The fourth-order valence-electron chi connectivity index (χ4n) is 2.29. The number of hydrogen-bond acceptors (Lipinski definition) is 3. The molecule has 1 heterocycles. The molecule has 104 valence electrons. The van der Waals surface area contributed by atoms with Crippen molar-refractivity contribution in [3.05, 3.63) is 35.0 Å². The van der Waals surface area contributed by atoms with Gasteiger partial charge in [-0.25, -0.2) is 0 Å². The number of rotatable bonds is 3. The number of halogens is 1. The SMILES string of the molecule is COC(C(O)c1cc2cc(Cl)ccc2o1)C(C)(C)C. The van der Waals surface area contributed by atoms with E-state index in [2.05, 4.69) is 0 Å². The molecule has 0 aliphatic carbocycles. The van der Waals surface area contributed by atoms with E-state index in [4.69, 9.17) is 20.8 Å². The normalized spacial score (nSPS) is 15.7. The Kier molecular flexibility index (Phi) is 3.90. The van der Waals surface area contributed by atoms with Crippen LogP contribution in [-0.4, -0.2) is 18.3 Å². The quantitative estimate of drug-likeness (QED) is 0.918. The third kappa shape index (κ3) is 2.94. The van der Waals surface area contributed by atoms with E-state index in [1.54, 1.807) is 19.2 Å². The highest BCUT2D eigenvalue weighted by Gasteiger charge is 2.34. The molecule has 0 fully saturated rings. The Hall–Kier alpha value is -1.03. The molecule has 0 radical (unpaired) electrons. The first-order valence-electron chi connectivity index (χ1n) is 6.23. The Morgan fingerprint density at radius 1 is 1.26 bits per heavy atom. The van der Waals surface area contributed by atoms with Crippen LogP contribution in [0.25, 0.3) is 11.0 Å². The van der Waals surface area contributed by atoms with E-state index in [0.717, 1.165) is 5.39 Å². The van der Waals surface area contributed by atoms with Crippen LogP contribution >= 0.6 is 11.6 Å². The van der Waals surface area contributed by atoms with Gasteiger partial charge in [0, 0.05) is 17.5 Å². The van der Waals surface area contributed by atoms with Crippen molar-refractivity contribution in [3.8, 4) is 0 Å². The van der Waals surface area contributed by atoms with Crippen LogP contribution in [0.3, 0.4) is 0 Å². The standard InChI is InChI=1S/C15H19ClO3/c1-15(2,3)14(18-4)13(17)12-8-9-7-10(16)5-6-11(9)19-12/h5-8,13-14,17H,1-4H3. The molecule has 2 aromatic rings. The molecular weight excluding hydrogens is 264 g/mol. The summed E-state index contributed by atoms with van der Waals surface area (Å²) in [6, 6.07) is 7.19. The molecule has 1 aromatic carbocycles. The first kappa shape index (κ1) is 14.4. The smallest absolute Gasteiger partial charge is 0.138 e. The second-order valence-corrected chi connectivity index (χ2v) is 6.23. The number of ether oxygens (including phenoxy) is 1. The lowest BCUT2D eigenvalue weighted by Gasteiger charge is -2.32. The van der Waals surface area contributed by atoms with Crippen molar-refractivity contribution in [2.45, 2.75) is 33.0 Å². The van der Waals surface area contributed by atoms with Gasteiger partial charge in [0.15, 0.2) is 0 Å². The van der Waals surface area contributed by atoms with E-state index in [-0.39, 0.29) is 11.5 Å². The number of methoxy groups -OCH3 is 1. The van der Waals surface area contributed by atoms with Crippen molar-refractivity contribution < 1.29 is 14.3 Å². The van der Waals surface area contributed by atoms with Crippen molar-refractivity contribution in [3.63, 3.8) is 0 Å². The maximum atomic E-state index is 10.4. The Balaban J connectivity index is 2.38. The average Bonchev–Trinajstić information content (AvgIpc) is 2.70. The van der Waals surface area contributed by atoms with E-state index < -0.39 is 6.10 Å². The molecule has 0 saturated carbocycles. The number of aliphatic hydroxyl groups excluding tert-OH is 1. The molecule has 2 atom stereocenters. The minimum atomic E-state index is -0.809. The molecule has 3 nitrogen and oxygen atoms in total.